The van der Waals surface area contributed by atoms with Crippen molar-refractivity contribution < 1.29 is 22.7 Å². The molecule has 0 aliphatic carbocycles. The second kappa shape index (κ2) is 7.89. The van der Waals surface area contributed by atoms with E-state index in [4.69, 9.17) is 9.47 Å². The molecule has 2 aliphatic heterocycles. The van der Waals surface area contributed by atoms with Crippen molar-refractivity contribution in [1.82, 2.24) is 13.9 Å². The molecular formula is C14H27N3O5S. The zero-order chi connectivity index (χ0) is 17.0. The minimum absolute atomic E-state index is 0.0604. The van der Waals surface area contributed by atoms with E-state index in [1.54, 1.807) is 7.11 Å². The van der Waals surface area contributed by atoms with Gasteiger partial charge in [-0.05, 0) is 12.8 Å². The van der Waals surface area contributed by atoms with Gasteiger partial charge in [0, 0.05) is 52.9 Å². The van der Waals surface area contributed by atoms with E-state index in [1.165, 1.54) is 14.1 Å². The van der Waals surface area contributed by atoms with Crippen LogP contribution in [0.3, 0.4) is 0 Å². The fourth-order valence-electron chi connectivity index (χ4n) is 3.05. The van der Waals surface area contributed by atoms with Gasteiger partial charge in [0.25, 0.3) is 10.2 Å². The van der Waals surface area contributed by atoms with Crippen molar-refractivity contribution in [1.29, 1.82) is 0 Å². The maximum absolute atomic E-state index is 12.5. The Morgan fingerprint density at radius 1 is 1.39 bits per heavy atom. The minimum Gasteiger partial charge on any atom is -0.384 e. The number of carbonyl (C=O) groups is 1. The number of methoxy groups -OCH3 is 1. The topological polar surface area (TPSA) is 88.2 Å². The first-order chi connectivity index (χ1) is 10.8. The second-order valence-electron chi connectivity index (χ2n) is 6.36. The summed E-state index contributed by atoms with van der Waals surface area (Å²) in [5.41, 5.74) is 0. The molecule has 0 saturated carbocycles. The average molecular weight is 349 g/mol. The Bertz CT molecular complexity index is 505. The number of piperidine rings is 1. The predicted molar refractivity (Wildman–Crippen MR) is 85.0 cm³/mol. The third-order valence-electron chi connectivity index (χ3n) is 4.49. The zero-order valence-electron chi connectivity index (χ0n) is 14.0. The van der Waals surface area contributed by atoms with Crippen LogP contribution in [0.5, 0.6) is 0 Å². The average Bonchev–Trinajstić information content (AvgIpc) is 3.02. The number of amides is 1. The third kappa shape index (κ3) is 4.63. The first kappa shape index (κ1) is 18.6. The standard InChI is InChI=1S/C14H27N3O5S/c1-16(2)23(19,20)15-13-4-6-17(8-12(13)9-21-3)14(18)11-5-7-22-10-11/h11-13,15H,4-10H2,1-3H3/t11-,12+,13+/m1/s1. The van der Waals surface area contributed by atoms with Crippen molar-refractivity contribution in [3.05, 3.63) is 0 Å². The summed E-state index contributed by atoms with van der Waals surface area (Å²) < 4.78 is 38.5. The molecule has 0 aromatic carbocycles. The first-order valence-corrected chi connectivity index (χ1v) is 9.34. The van der Waals surface area contributed by atoms with E-state index < -0.39 is 10.2 Å². The van der Waals surface area contributed by atoms with Crippen LogP contribution in [0.25, 0.3) is 0 Å². The van der Waals surface area contributed by atoms with E-state index in [0.29, 0.717) is 39.3 Å². The van der Waals surface area contributed by atoms with Crippen LogP contribution in [0.1, 0.15) is 12.8 Å². The fraction of sp³-hybridized carbons (Fsp3) is 0.929. The van der Waals surface area contributed by atoms with Gasteiger partial charge in [0.1, 0.15) is 0 Å². The van der Waals surface area contributed by atoms with Gasteiger partial charge >= 0.3 is 0 Å². The number of ether oxygens (including phenoxy) is 2. The van der Waals surface area contributed by atoms with Crippen LogP contribution in [0.4, 0.5) is 0 Å². The third-order valence-corrected chi connectivity index (χ3v) is 6.05. The highest BCUT2D eigenvalue weighted by Gasteiger charge is 2.37. The number of hydrogen-bond acceptors (Lipinski definition) is 5. The lowest BCUT2D eigenvalue weighted by atomic mass is 9.92. The van der Waals surface area contributed by atoms with Gasteiger partial charge in [0.05, 0.1) is 19.1 Å². The number of hydrogen-bond donors (Lipinski definition) is 1. The highest BCUT2D eigenvalue weighted by atomic mass is 32.2. The molecule has 134 valence electrons. The maximum atomic E-state index is 12.5. The molecule has 9 heteroatoms. The molecule has 2 heterocycles. The fourth-order valence-corrected chi connectivity index (χ4v) is 3.96. The number of rotatable bonds is 6. The van der Waals surface area contributed by atoms with Crippen LogP contribution in [0, 0.1) is 11.8 Å². The van der Waals surface area contributed by atoms with Gasteiger partial charge in [-0.2, -0.15) is 17.4 Å². The highest BCUT2D eigenvalue weighted by Crippen LogP contribution is 2.23. The Hall–Kier alpha value is -0.740. The summed E-state index contributed by atoms with van der Waals surface area (Å²) in [5.74, 6) is -0.0134. The number of carbonyl (C=O) groups excluding carboxylic acids is 1. The van der Waals surface area contributed by atoms with Crippen LogP contribution in [-0.4, -0.2) is 83.7 Å². The molecule has 0 aromatic heterocycles. The molecule has 1 amide bonds. The molecular weight excluding hydrogens is 322 g/mol. The van der Waals surface area contributed by atoms with Crippen LogP contribution < -0.4 is 4.72 Å². The summed E-state index contributed by atoms with van der Waals surface area (Å²) in [6.45, 7) is 2.59. The summed E-state index contributed by atoms with van der Waals surface area (Å²) in [7, 11) is 1.07. The molecule has 0 spiro atoms. The van der Waals surface area contributed by atoms with E-state index in [0.717, 1.165) is 10.7 Å². The minimum atomic E-state index is -3.50. The molecule has 2 saturated heterocycles. The SMILES string of the molecule is COC[C@@H]1CN(C(=O)[C@@H]2CCOC2)CC[C@@H]1NS(=O)(=O)N(C)C. The van der Waals surface area contributed by atoms with Crippen molar-refractivity contribution in [2.45, 2.75) is 18.9 Å². The number of likely N-dealkylation sites (tertiary alicyclic amines) is 1. The molecule has 0 unspecified atom stereocenters. The van der Waals surface area contributed by atoms with Crippen LogP contribution in [-0.2, 0) is 24.5 Å². The summed E-state index contributed by atoms with van der Waals surface area (Å²) in [6.07, 6.45) is 1.35. The molecule has 1 N–H and O–H groups in total. The molecule has 0 aromatic rings. The molecule has 2 fully saturated rings. The summed E-state index contributed by atoms with van der Waals surface area (Å²) in [6, 6.07) is -0.230. The second-order valence-corrected chi connectivity index (χ2v) is 8.28. The number of nitrogens with zero attached hydrogens (tertiary/aromatic N) is 2. The first-order valence-electron chi connectivity index (χ1n) is 7.90. The smallest absolute Gasteiger partial charge is 0.279 e. The molecule has 23 heavy (non-hydrogen) atoms. The zero-order valence-corrected chi connectivity index (χ0v) is 14.8. The molecule has 0 radical (unpaired) electrons. The molecule has 2 rings (SSSR count). The van der Waals surface area contributed by atoms with Gasteiger partial charge in [-0.15, -0.1) is 0 Å². The van der Waals surface area contributed by atoms with Crippen molar-refractivity contribution in [3.8, 4) is 0 Å². The van der Waals surface area contributed by atoms with E-state index >= 15 is 0 Å². The van der Waals surface area contributed by atoms with E-state index in [2.05, 4.69) is 4.72 Å². The Labute approximate surface area is 138 Å². The summed E-state index contributed by atoms with van der Waals surface area (Å²) in [4.78, 5) is 14.3. The summed E-state index contributed by atoms with van der Waals surface area (Å²) >= 11 is 0. The Kier molecular flexibility index (Phi) is 6.38. The quantitative estimate of drug-likeness (QED) is 0.684. The number of nitrogens with one attached hydrogen (secondary N) is 1. The van der Waals surface area contributed by atoms with Crippen molar-refractivity contribution >= 4 is 16.1 Å². The van der Waals surface area contributed by atoms with Gasteiger partial charge in [0.15, 0.2) is 0 Å². The van der Waals surface area contributed by atoms with Crippen molar-refractivity contribution in [2.75, 3.05) is 54.1 Å². The Morgan fingerprint density at radius 3 is 2.70 bits per heavy atom. The largest absolute Gasteiger partial charge is 0.384 e. The predicted octanol–water partition coefficient (Wildman–Crippen LogP) is -0.718. The van der Waals surface area contributed by atoms with E-state index in [-0.39, 0.29) is 23.8 Å². The van der Waals surface area contributed by atoms with Crippen molar-refractivity contribution in [3.63, 3.8) is 0 Å². The Balaban J connectivity index is 2.01. The molecule has 0 bridgehead atoms. The van der Waals surface area contributed by atoms with E-state index in [9.17, 15) is 13.2 Å². The van der Waals surface area contributed by atoms with Crippen LogP contribution in [0.2, 0.25) is 0 Å². The van der Waals surface area contributed by atoms with Gasteiger partial charge < -0.3 is 14.4 Å². The van der Waals surface area contributed by atoms with Gasteiger partial charge in [-0.25, -0.2) is 0 Å². The lowest BCUT2D eigenvalue weighted by Gasteiger charge is -2.39. The molecule has 3 atom stereocenters. The molecule has 8 nitrogen and oxygen atoms in total. The maximum Gasteiger partial charge on any atom is 0.279 e. The lowest BCUT2D eigenvalue weighted by molar-refractivity contribution is -0.138. The van der Waals surface area contributed by atoms with Crippen LogP contribution in [0.15, 0.2) is 0 Å². The Morgan fingerprint density at radius 2 is 2.13 bits per heavy atom. The summed E-state index contributed by atoms with van der Waals surface area (Å²) in [5, 5.41) is 0. The van der Waals surface area contributed by atoms with Gasteiger partial charge in [-0.3, -0.25) is 4.79 Å². The normalized spacial score (nSPS) is 29.2. The van der Waals surface area contributed by atoms with Crippen LogP contribution >= 0.6 is 0 Å². The lowest BCUT2D eigenvalue weighted by Crippen LogP contribution is -2.56. The van der Waals surface area contributed by atoms with Gasteiger partial charge in [-0.1, -0.05) is 0 Å². The monoisotopic (exact) mass is 349 g/mol. The van der Waals surface area contributed by atoms with E-state index in [1.807, 2.05) is 4.90 Å². The molecule has 2 aliphatic rings. The van der Waals surface area contributed by atoms with Crippen molar-refractivity contribution in [2.24, 2.45) is 11.8 Å². The van der Waals surface area contributed by atoms with Gasteiger partial charge in [0.2, 0.25) is 5.91 Å². The highest BCUT2D eigenvalue weighted by molar-refractivity contribution is 7.87.